The van der Waals surface area contributed by atoms with Gasteiger partial charge in [-0.1, -0.05) is 0 Å². The highest BCUT2D eigenvalue weighted by Gasteiger charge is 2.11. The largest absolute Gasteiger partial charge is 0.383 e. The van der Waals surface area contributed by atoms with Crippen LogP contribution >= 0.6 is 0 Å². The Bertz CT molecular complexity index is 480. The fourth-order valence-electron chi connectivity index (χ4n) is 1.61. The number of nitrogens with zero attached hydrogens (tertiary/aromatic N) is 4. The molecule has 0 spiro atoms. The first-order valence-electron chi connectivity index (χ1n) is 5.48. The lowest BCUT2D eigenvalue weighted by atomic mass is 10.2. The van der Waals surface area contributed by atoms with Crippen LogP contribution in [-0.2, 0) is 6.54 Å². The van der Waals surface area contributed by atoms with Crippen molar-refractivity contribution in [3.05, 3.63) is 18.7 Å². The van der Waals surface area contributed by atoms with Gasteiger partial charge in [0.05, 0.1) is 12.5 Å². The maximum atomic E-state index is 5.99. The van der Waals surface area contributed by atoms with E-state index in [1.165, 1.54) is 0 Å². The van der Waals surface area contributed by atoms with Crippen molar-refractivity contribution in [2.24, 2.45) is 0 Å². The van der Waals surface area contributed by atoms with Crippen molar-refractivity contribution < 1.29 is 0 Å². The third-order valence-corrected chi connectivity index (χ3v) is 2.62. The van der Waals surface area contributed by atoms with Crippen LogP contribution in [0, 0.1) is 0 Å². The number of nitrogens with two attached hydrogens (primary N) is 1. The van der Waals surface area contributed by atoms with E-state index in [0.29, 0.717) is 11.9 Å². The molecule has 0 amide bonds. The predicted octanol–water partition coefficient (Wildman–Crippen LogP) is 1.93. The maximum Gasteiger partial charge on any atom is 0.131 e. The number of imidazole rings is 1. The van der Waals surface area contributed by atoms with Crippen LogP contribution in [0.25, 0.3) is 11.3 Å². The first-order valence-corrected chi connectivity index (χ1v) is 5.48. The topological polar surface area (TPSA) is 61.7 Å². The molecule has 2 aromatic rings. The van der Waals surface area contributed by atoms with E-state index in [1.54, 1.807) is 12.5 Å². The second-order valence-electron chi connectivity index (χ2n) is 4.07. The molecule has 0 aliphatic heterocycles. The molecule has 5 heteroatoms. The van der Waals surface area contributed by atoms with Crippen LogP contribution in [0.4, 0.5) is 5.82 Å². The Morgan fingerprint density at radius 2 is 2.19 bits per heavy atom. The van der Waals surface area contributed by atoms with Crippen LogP contribution in [0.15, 0.2) is 18.7 Å². The number of anilines is 1. The molecule has 0 saturated heterocycles. The molecule has 0 aliphatic rings. The van der Waals surface area contributed by atoms with Crippen LogP contribution in [0.3, 0.4) is 0 Å². The van der Waals surface area contributed by atoms with Gasteiger partial charge in [-0.05, 0) is 20.8 Å². The molecule has 0 bridgehead atoms. The number of nitrogen functional groups attached to an aromatic ring is 1. The number of aryl methyl sites for hydroxylation is 1. The molecule has 86 valence electrons. The Labute approximate surface area is 94.9 Å². The van der Waals surface area contributed by atoms with E-state index in [2.05, 4.69) is 23.9 Å². The monoisotopic (exact) mass is 219 g/mol. The standard InChI is InChI=1S/C11H17N5/c1-4-15-7-13-10(11(15)12)9-5-14-16(6-9)8(2)3/h5-8H,4,12H2,1-3H3. The van der Waals surface area contributed by atoms with Crippen molar-refractivity contribution in [2.75, 3.05) is 5.73 Å². The predicted molar refractivity (Wildman–Crippen MR) is 63.9 cm³/mol. The Hall–Kier alpha value is -1.78. The van der Waals surface area contributed by atoms with Gasteiger partial charge in [0.25, 0.3) is 0 Å². The van der Waals surface area contributed by atoms with E-state index in [1.807, 2.05) is 22.4 Å². The molecule has 0 fully saturated rings. The summed E-state index contributed by atoms with van der Waals surface area (Å²) in [5.41, 5.74) is 7.78. The van der Waals surface area contributed by atoms with Crippen LogP contribution in [0.2, 0.25) is 0 Å². The molecule has 0 unspecified atom stereocenters. The van der Waals surface area contributed by atoms with Gasteiger partial charge >= 0.3 is 0 Å². The summed E-state index contributed by atoms with van der Waals surface area (Å²) in [6.45, 7) is 7.05. The average Bonchev–Trinajstić information content (AvgIpc) is 2.83. The Kier molecular flexibility index (Phi) is 2.68. The number of hydrogen-bond donors (Lipinski definition) is 1. The van der Waals surface area contributed by atoms with Crippen LogP contribution in [0.5, 0.6) is 0 Å². The summed E-state index contributed by atoms with van der Waals surface area (Å²) >= 11 is 0. The molecule has 2 rings (SSSR count). The molecule has 5 nitrogen and oxygen atoms in total. The zero-order valence-electron chi connectivity index (χ0n) is 9.88. The van der Waals surface area contributed by atoms with Gasteiger partial charge in [-0.25, -0.2) is 4.98 Å². The van der Waals surface area contributed by atoms with Gasteiger partial charge in [0, 0.05) is 24.3 Å². The van der Waals surface area contributed by atoms with E-state index in [4.69, 9.17) is 5.73 Å². The lowest BCUT2D eigenvalue weighted by Crippen LogP contribution is -2.00. The molecule has 2 N–H and O–H groups in total. The summed E-state index contributed by atoms with van der Waals surface area (Å²) in [7, 11) is 0. The van der Waals surface area contributed by atoms with Crippen LogP contribution in [0.1, 0.15) is 26.8 Å². The average molecular weight is 219 g/mol. The van der Waals surface area contributed by atoms with E-state index >= 15 is 0 Å². The molecule has 0 radical (unpaired) electrons. The van der Waals surface area contributed by atoms with Gasteiger partial charge in [-0.2, -0.15) is 5.10 Å². The van der Waals surface area contributed by atoms with Crippen molar-refractivity contribution in [3.8, 4) is 11.3 Å². The Balaban J connectivity index is 2.39. The summed E-state index contributed by atoms with van der Waals surface area (Å²) in [6, 6.07) is 0.350. The SMILES string of the molecule is CCn1cnc(-c2cnn(C(C)C)c2)c1N. The summed E-state index contributed by atoms with van der Waals surface area (Å²) in [6.07, 6.45) is 5.54. The summed E-state index contributed by atoms with van der Waals surface area (Å²) in [4.78, 5) is 4.31. The summed E-state index contributed by atoms with van der Waals surface area (Å²) < 4.78 is 3.82. The van der Waals surface area contributed by atoms with Crippen molar-refractivity contribution >= 4 is 5.82 Å². The van der Waals surface area contributed by atoms with Crippen LogP contribution in [-0.4, -0.2) is 19.3 Å². The fourth-order valence-corrected chi connectivity index (χ4v) is 1.61. The van der Waals surface area contributed by atoms with Crippen molar-refractivity contribution in [3.63, 3.8) is 0 Å². The molecule has 0 atom stereocenters. The second-order valence-corrected chi connectivity index (χ2v) is 4.07. The van der Waals surface area contributed by atoms with Crippen molar-refractivity contribution in [1.29, 1.82) is 0 Å². The Morgan fingerprint density at radius 1 is 1.44 bits per heavy atom. The lowest BCUT2D eigenvalue weighted by molar-refractivity contribution is 0.532. The summed E-state index contributed by atoms with van der Waals surface area (Å²) in [5.74, 6) is 0.700. The normalized spacial score (nSPS) is 11.2. The fraction of sp³-hybridized carbons (Fsp3) is 0.455. The van der Waals surface area contributed by atoms with Crippen molar-refractivity contribution in [2.45, 2.75) is 33.4 Å². The third kappa shape index (κ3) is 1.68. The smallest absolute Gasteiger partial charge is 0.131 e. The highest BCUT2D eigenvalue weighted by Crippen LogP contribution is 2.24. The van der Waals surface area contributed by atoms with E-state index in [0.717, 1.165) is 17.8 Å². The summed E-state index contributed by atoms with van der Waals surface area (Å²) in [5, 5.41) is 4.28. The van der Waals surface area contributed by atoms with E-state index in [9.17, 15) is 0 Å². The first kappa shape index (κ1) is 10.7. The van der Waals surface area contributed by atoms with E-state index < -0.39 is 0 Å². The van der Waals surface area contributed by atoms with Gasteiger partial charge in [0.1, 0.15) is 11.5 Å². The molecule has 0 aromatic carbocycles. The highest BCUT2D eigenvalue weighted by molar-refractivity contribution is 5.69. The van der Waals surface area contributed by atoms with Crippen molar-refractivity contribution in [1.82, 2.24) is 19.3 Å². The number of hydrogen-bond acceptors (Lipinski definition) is 3. The molecular weight excluding hydrogens is 202 g/mol. The zero-order valence-corrected chi connectivity index (χ0v) is 9.88. The van der Waals surface area contributed by atoms with Gasteiger partial charge < -0.3 is 10.3 Å². The van der Waals surface area contributed by atoms with Gasteiger partial charge in [0.15, 0.2) is 0 Å². The molecule has 16 heavy (non-hydrogen) atoms. The minimum atomic E-state index is 0.350. The highest BCUT2D eigenvalue weighted by atomic mass is 15.3. The minimum Gasteiger partial charge on any atom is -0.383 e. The van der Waals surface area contributed by atoms with E-state index in [-0.39, 0.29) is 0 Å². The van der Waals surface area contributed by atoms with Gasteiger partial charge in [-0.3, -0.25) is 4.68 Å². The molecule has 0 saturated carbocycles. The molecule has 2 heterocycles. The van der Waals surface area contributed by atoms with Gasteiger partial charge in [0.2, 0.25) is 0 Å². The zero-order chi connectivity index (χ0) is 11.7. The quantitative estimate of drug-likeness (QED) is 0.858. The minimum absolute atomic E-state index is 0.350. The Morgan fingerprint density at radius 3 is 2.69 bits per heavy atom. The molecule has 0 aliphatic carbocycles. The van der Waals surface area contributed by atoms with Crippen LogP contribution < -0.4 is 5.73 Å². The number of aromatic nitrogens is 4. The maximum absolute atomic E-state index is 5.99. The number of rotatable bonds is 3. The first-order chi connectivity index (χ1) is 7.63. The second kappa shape index (κ2) is 4.00. The lowest BCUT2D eigenvalue weighted by Gasteiger charge is -2.03. The third-order valence-electron chi connectivity index (χ3n) is 2.62. The molecule has 2 aromatic heterocycles. The molecular formula is C11H17N5. The van der Waals surface area contributed by atoms with Gasteiger partial charge in [-0.15, -0.1) is 0 Å².